The largest absolute Gasteiger partial charge is 0.339 e. The van der Waals surface area contributed by atoms with E-state index < -0.39 is 0 Å². The third-order valence-corrected chi connectivity index (χ3v) is 6.20. The van der Waals surface area contributed by atoms with E-state index in [9.17, 15) is 4.79 Å². The summed E-state index contributed by atoms with van der Waals surface area (Å²) < 4.78 is 0. The minimum absolute atomic E-state index is 0.128. The van der Waals surface area contributed by atoms with Gasteiger partial charge in [0.05, 0.1) is 5.69 Å². The maximum absolute atomic E-state index is 13.1. The highest BCUT2D eigenvalue weighted by atomic mass is 32.1. The van der Waals surface area contributed by atoms with Gasteiger partial charge in [0.25, 0.3) is 5.91 Å². The number of likely N-dealkylation sites (tertiary alicyclic amines) is 1. The normalized spacial score (nSPS) is 18.2. The Morgan fingerprint density at radius 3 is 2.65 bits per heavy atom. The van der Waals surface area contributed by atoms with Crippen molar-refractivity contribution in [1.82, 2.24) is 9.88 Å². The Labute approximate surface area is 159 Å². The quantitative estimate of drug-likeness (QED) is 0.693. The maximum atomic E-state index is 13.1. The molecule has 0 spiro atoms. The Hall–Kier alpha value is -2.01. The lowest BCUT2D eigenvalue weighted by molar-refractivity contribution is 0.0724. The van der Waals surface area contributed by atoms with Gasteiger partial charge < -0.3 is 4.90 Å². The predicted octanol–water partition coefficient (Wildman–Crippen LogP) is 5.25. The summed E-state index contributed by atoms with van der Waals surface area (Å²) in [4.78, 5) is 24.4. The van der Waals surface area contributed by atoms with Gasteiger partial charge in [-0.25, -0.2) is 4.98 Å². The number of carbonyl (C=O) groups is 1. The van der Waals surface area contributed by atoms with Crippen molar-refractivity contribution in [3.05, 3.63) is 34.8 Å². The second-order valence-corrected chi connectivity index (χ2v) is 8.28. The minimum atomic E-state index is 0.128. The molecule has 2 heterocycles. The third-order valence-electron chi connectivity index (χ3n) is 5.40. The molecule has 0 N–H and O–H groups in total. The van der Waals surface area contributed by atoms with E-state index in [1.807, 2.05) is 28.6 Å². The van der Waals surface area contributed by atoms with E-state index in [4.69, 9.17) is 4.99 Å². The molecule has 2 aromatic rings. The van der Waals surface area contributed by atoms with Crippen LogP contribution < -0.4 is 0 Å². The highest BCUT2D eigenvalue weighted by molar-refractivity contribution is 7.13. The van der Waals surface area contributed by atoms with Crippen LogP contribution in [0.3, 0.4) is 0 Å². The molecule has 2 fully saturated rings. The molecule has 0 radical (unpaired) electrons. The first-order valence-corrected chi connectivity index (χ1v) is 10.4. The van der Waals surface area contributed by atoms with Gasteiger partial charge in [0.15, 0.2) is 0 Å². The zero-order chi connectivity index (χ0) is 18.1. The molecule has 1 amide bonds. The molecular weight excluding hydrogens is 342 g/mol. The molecule has 0 unspecified atom stereocenters. The molecule has 2 aliphatic rings. The van der Waals surface area contributed by atoms with E-state index in [1.54, 1.807) is 11.3 Å². The first-order valence-electron chi connectivity index (χ1n) is 9.52. The van der Waals surface area contributed by atoms with Gasteiger partial charge in [-0.1, -0.05) is 0 Å². The van der Waals surface area contributed by atoms with Crippen LogP contribution in [-0.2, 0) is 0 Å². The van der Waals surface area contributed by atoms with Gasteiger partial charge in [0.2, 0.25) is 0 Å². The molecule has 1 aromatic heterocycles. The number of nitrogens with zero attached hydrogens (tertiary/aromatic N) is 3. The summed E-state index contributed by atoms with van der Waals surface area (Å²) in [7, 11) is 0. The van der Waals surface area contributed by atoms with Gasteiger partial charge in [-0.05, 0) is 69.6 Å². The number of hydrogen-bond donors (Lipinski definition) is 0. The second kappa shape index (κ2) is 7.31. The summed E-state index contributed by atoms with van der Waals surface area (Å²) in [6.07, 6.45) is 7.71. The van der Waals surface area contributed by atoms with Crippen LogP contribution in [0.4, 0.5) is 5.69 Å². The van der Waals surface area contributed by atoms with Gasteiger partial charge in [0, 0.05) is 41.5 Å². The summed E-state index contributed by atoms with van der Waals surface area (Å²) in [5, 5.41) is 2.93. The van der Waals surface area contributed by atoms with Crippen LogP contribution in [-0.4, -0.2) is 34.6 Å². The van der Waals surface area contributed by atoms with Crippen molar-refractivity contribution in [3.8, 4) is 10.6 Å². The number of aliphatic imine (C=N–C) groups is 1. The molecule has 0 bridgehead atoms. The van der Waals surface area contributed by atoms with E-state index in [1.165, 1.54) is 25.0 Å². The molecule has 4 nitrogen and oxygen atoms in total. The van der Waals surface area contributed by atoms with Crippen molar-refractivity contribution in [3.63, 3.8) is 0 Å². The van der Waals surface area contributed by atoms with Crippen molar-refractivity contribution in [1.29, 1.82) is 0 Å². The Morgan fingerprint density at radius 2 is 2.00 bits per heavy atom. The molecule has 1 aliphatic carbocycles. The Balaban J connectivity index is 1.76. The van der Waals surface area contributed by atoms with E-state index >= 15 is 0 Å². The molecule has 1 saturated carbocycles. The number of aromatic nitrogens is 1. The number of piperidine rings is 1. The molecular formula is C21H25N3OS. The Kier molecular flexibility index (Phi) is 4.90. The SMILES string of the molecule is C/C(=N/c1cc(C(=O)N2CCCCC2)cc(-c2nccs2)c1C)C1CC1. The van der Waals surface area contributed by atoms with Crippen LogP contribution >= 0.6 is 11.3 Å². The van der Waals surface area contributed by atoms with Crippen LogP contribution in [0, 0.1) is 12.8 Å². The summed E-state index contributed by atoms with van der Waals surface area (Å²) in [5.41, 5.74) is 4.98. The van der Waals surface area contributed by atoms with Crippen LogP contribution in [0.1, 0.15) is 54.9 Å². The number of amides is 1. The smallest absolute Gasteiger partial charge is 0.253 e. The van der Waals surface area contributed by atoms with Gasteiger partial charge in [-0.15, -0.1) is 11.3 Å². The lowest BCUT2D eigenvalue weighted by Crippen LogP contribution is -2.35. The minimum Gasteiger partial charge on any atom is -0.339 e. The number of thiazole rings is 1. The molecule has 5 heteroatoms. The summed E-state index contributed by atoms with van der Waals surface area (Å²) in [6.45, 7) is 5.92. The first-order chi connectivity index (χ1) is 12.6. The van der Waals surface area contributed by atoms with Crippen LogP contribution in [0.5, 0.6) is 0 Å². The number of carbonyl (C=O) groups excluding carboxylic acids is 1. The molecule has 26 heavy (non-hydrogen) atoms. The zero-order valence-electron chi connectivity index (χ0n) is 15.5. The highest BCUT2D eigenvalue weighted by Crippen LogP contribution is 2.36. The van der Waals surface area contributed by atoms with Crippen LogP contribution in [0.25, 0.3) is 10.6 Å². The van der Waals surface area contributed by atoms with E-state index in [2.05, 4.69) is 18.8 Å². The van der Waals surface area contributed by atoms with Gasteiger partial charge in [-0.3, -0.25) is 9.79 Å². The van der Waals surface area contributed by atoms with Crippen LogP contribution in [0.2, 0.25) is 0 Å². The topological polar surface area (TPSA) is 45.6 Å². The molecule has 0 atom stereocenters. The predicted molar refractivity (Wildman–Crippen MR) is 108 cm³/mol. The molecule has 1 saturated heterocycles. The average Bonchev–Trinajstić information content (AvgIpc) is 3.39. The Morgan fingerprint density at radius 1 is 1.23 bits per heavy atom. The van der Waals surface area contributed by atoms with E-state index in [0.29, 0.717) is 5.92 Å². The third kappa shape index (κ3) is 3.58. The summed E-state index contributed by atoms with van der Waals surface area (Å²) in [5.74, 6) is 0.752. The molecule has 4 rings (SSSR count). The first kappa shape index (κ1) is 17.4. The average molecular weight is 368 g/mol. The lowest BCUT2D eigenvalue weighted by atomic mass is 10.0. The van der Waals surface area contributed by atoms with Crippen molar-refractivity contribution < 1.29 is 4.79 Å². The zero-order valence-corrected chi connectivity index (χ0v) is 16.3. The fourth-order valence-electron chi connectivity index (χ4n) is 3.58. The number of benzene rings is 1. The maximum Gasteiger partial charge on any atom is 0.253 e. The van der Waals surface area contributed by atoms with Crippen molar-refractivity contribution in [2.24, 2.45) is 10.9 Å². The monoisotopic (exact) mass is 367 g/mol. The summed E-state index contributed by atoms with van der Waals surface area (Å²) >= 11 is 1.61. The second-order valence-electron chi connectivity index (χ2n) is 7.39. The van der Waals surface area contributed by atoms with Crippen molar-refractivity contribution in [2.75, 3.05) is 13.1 Å². The number of rotatable bonds is 4. The molecule has 1 aliphatic heterocycles. The van der Waals surface area contributed by atoms with Crippen LogP contribution in [0.15, 0.2) is 28.7 Å². The Bertz CT molecular complexity index is 831. The molecule has 1 aromatic carbocycles. The van der Waals surface area contributed by atoms with Gasteiger partial charge in [-0.2, -0.15) is 0 Å². The molecule has 136 valence electrons. The number of hydrogen-bond acceptors (Lipinski definition) is 4. The van der Waals surface area contributed by atoms with Crippen molar-refractivity contribution >= 4 is 28.6 Å². The van der Waals surface area contributed by atoms with Gasteiger partial charge in [0.1, 0.15) is 5.01 Å². The van der Waals surface area contributed by atoms with Crippen molar-refractivity contribution in [2.45, 2.75) is 46.0 Å². The standard InChI is InChI=1S/C21H25N3OS/c1-14-18(20-22-8-11-26-20)12-17(21(25)24-9-4-3-5-10-24)13-19(14)23-15(2)16-6-7-16/h8,11-13,16H,3-7,9-10H2,1-2H3/b23-15-. The van der Waals surface area contributed by atoms with E-state index in [0.717, 1.165) is 53.3 Å². The van der Waals surface area contributed by atoms with Gasteiger partial charge >= 0.3 is 0 Å². The van der Waals surface area contributed by atoms with E-state index in [-0.39, 0.29) is 5.91 Å². The summed E-state index contributed by atoms with van der Waals surface area (Å²) in [6, 6.07) is 3.99. The lowest BCUT2D eigenvalue weighted by Gasteiger charge is -2.27. The highest BCUT2D eigenvalue weighted by Gasteiger charge is 2.25. The fourth-order valence-corrected chi connectivity index (χ4v) is 4.29. The fraction of sp³-hybridized carbons (Fsp3) is 0.476.